The van der Waals surface area contributed by atoms with Gasteiger partial charge in [-0.25, -0.2) is 4.98 Å². The first-order chi connectivity index (χ1) is 16.9. The highest BCUT2D eigenvalue weighted by Crippen LogP contribution is 2.47. The summed E-state index contributed by atoms with van der Waals surface area (Å²) in [6.07, 6.45) is 5.70. The Balaban J connectivity index is 1.40. The number of aromatic nitrogens is 1. The lowest BCUT2D eigenvalue weighted by Crippen LogP contribution is -2.51. The van der Waals surface area contributed by atoms with E-state index < -0.39 is 0 Å². The van der Waals surface area contributed by atoms with E-state index in [4.69, 9.17) is 11.6 Å². The number of hydrogen-bond donors (Lipinski definition) is 1. The summed E-state index contributed by atoms with van der Waals surface area (Å²) in [5.74, 6) is 2.46. The van der Waals surface area contributed by atoms with Crippen molar-refractivity contribution in [1.82, 2.24) is 15.2 Å². The third-order valence-corrected chi connectivity index (χ3v) is 8.76. The Kier molecular flexibility index (Phi) is 6.74. The fraction of sp³-hybridized carbons (Fsp3) is 0.536. The molecule has 1 aliphatic carbocycles. The SMILES string of the molecule is CN(c1ccc(C#N)cn1)C(C1CCN(C(=O)C2(C)CC2)CC1)[C@@H]1CNC[C@@H]1c1ccc(Cl)cc1. The molecular formula is C28H34ClN5O. The Morgan fingerprint density at radius 3 is 2.51 bits per heavy atom. The molecule has 1 N–H and O–H groups in total. The summed E-state index contributed by atoms with van der Waals surface area (Å²) in [4.78, 5) is 22.0. The highest BCUT2D eigenvalue weighted by atomic mass is 35.5. The molecule has 1 aromatic carbocycles. The van der Waals surface area contributed by atoms with Gasteiger partial charge in [-0.2, -0.15) is 5.26 Å². The molecule has 1 unspecified atom stereocenters. The van der Waals surface area contributed by atoms with Gasteiger partial charge in [0.2, 0.25) is 5.91 Å². The zero-order valence-corrected chi connectivity index (χ0v) is 21.3. The van der Waals surface area contributed by atoms with Gasteiger partial charge in [-0.3, -0.25) is 4.79 Å². The molecular weight excluding hydrogens is 458 g/mol. The van der Waals surface area contributed by atoms with Crippen LogP contribution in [0, 0.1) is 28.6 Å². The monoisotopic (exact) mass is 491 g/mol. The molecule has 5 rings (SSSR count). The van der Waals surface area contributed by atoms with E-state index in [1.807, 2.05) is 24.3 Å². The summed E-state index contributed by atoms with van der Waals surface area (Å²) in [5, 5.41) is 13.6. The Hall–Kier alpha value is -2.62. The number of benzene rings is 1. The summed E-state index contributed by atoms with van der Waals surface area (Å²) < 4.78 is 0. The van der Waals surface area contributed by atoms with Crippen molar-refractivity contribution >= 4 is 23.3 Å². The van der Waals surface area contributed by atoms with Gasteiger partial charge in [0.1, 0.15) is 11.9 Å². The van der Waals surface area contributed by atoms with Crippen molar-refractivity contribution < 1.29 is 4.79 Å². The second-order valence-electron chi connectivity index (χ2n) is 10.8. The van der Waals surface area contributed by atoms with Gasteiger partial charge >= 0.3 is 0 Å². The maximum Gasteiger partial charge on any atom is 0.228 e. The van der Waals surface area contributed by atoms with Crippen LogP contribution in [-0.4, -0.2) is 55.1 Å². The van der Waals surface area contributed by atoms with Crippen molar-refractivity contribution in [3.8, 4) is 6.07 Å². The number of carbonyl (C=O) groups is 1. The average Bonchev–Trinajstić information content (AvgIpc) is 3.47. The van der Waals surface area contributed by atoms with Crippen LogP contribution < -0.4 is 10.2 Å². The number of carbonyl (C=O) groups excluding carboxylic acids is 1. The zero-order valence-electron chi connectivity index (χ0n) is 20.6. The van der Waals surface area contributed by atoms with Gasteiger partial charge in [0.25, 0.3) is 0 Å². The number of piperidine rings is 1. The quantitative estimate of drug-likeness (QED) is 0.646. The Morgan fingerprint density at radius 1 is 1.20 bits per heavy atom. The Bertz CT molecular complexity index is 1080. The Labute approximate surface area is 213 Å². The molecule has 3 heterocycles. The lowest BCUT2D eigenvalue weighted by Gasteiger charge is -2.44. The molecule has 2 aliphatic heterocycles. The van der Waals surface area contributed by atoms with E-state index in [-0.39, 0.29) is 11.5 Å². The minimum atomic E-state index is -0.107. The summed E-state index contributed by atoms with van der Waals surface area (Å²) >= 11 is 6.18. The van der Waals surface area contributed by atoms with Crippen molar-refractivity contribution in [2.45, 2.75) is 44.6 Å². The number of pyridine rings is 1. The first-order valence-corrected chi connectivity index (χ1v) is 13.1. The van der Waals surface area contributed by atoms with E-state index in [1.165, 1.54) is 5.56 Å². The highest BCUT2D eigenvalue weighted by molar-refractivity contribution is 6.30. The van der Waals surface area contributed by atoms with Crippen molar-refractivity contribution in [1.29, 1.82) is 5.26 Å². The van der Waals surface area contributed by atoms with E-state index in [0.717, 1.165) is 62.7 Å². The predicted molar refractivity (Wildman–Crippen MR) is 138 cm³/mol. The molecule has 1 aromatic heterocycles. The molecule has 0 radical (unpaired) electrons. The number of nitrogens with one attached hydrogen (secondary N) is 1. The maximum atomic E-state index is 13.0. The summed E-state index contributed by atoms with van der Waals surface area (Å²) in [5.41, 5.74) is 1.77. The van der Waals surface area contributed by atoms with Gasteiger partial charge in [-0.05, 0) is 61.4 Å². The van der Waals surface area contributed by atoms with Crippen LogP contribution in [0.1, 0.15) is 49.7 Å². The summed E-state index contributed by atoms with van der Waals surface area (Å²) in [7, 11) is 2.14. The molecule has 2 saturated heterocycles. The molecule has 35 heavy (non-hydrogen) atoms. The predicted octanol–water partition coefficient (Wildman–Crippen LogP) is 4.45. The molecule has 3 fully saturated rings. The fourth-order valence-electron chi connectivity index (χ4n) is 6.13. The van der Waals surface area contributed by atoms with Crippen LogP contribution in [-0.2, 0) is 4.79 Å². The fourth-order valence-corrected chi connectivity index (χ4v) is 6.25. The lowest BCUT2D eigenvalue weighted by molar-refractivity contribution is -0.138. The number of hydrogen-bond acceptors (Lipinski definition) is 5. The van der Waals surface area contributed by atoms with Crippen molar-refractivity contribution in [2.24, 2.45) is 17.3 Å². The summed E-state index contributed by atoms with van der Waals surface area (Å²) in [6.45, 7) is 5.64. The lowest BCUT2D eigenvalue weighted by atomic mass is 9.75. The van der Waals surface area contributed by atoms with E-state index >= 15 is 0 Å². The Morgan fingerprint density at radius 2 is 1.91 bits per heavy atom. The molecule has 3 aliphatic rings. The number of nitriles is 1. The van der Waals surface area contributed by atoms with Gasteiger partial charge in [0.05, 0.1) is 5.56 Å². The molecule has 6 nitrogen and oxygen atoms in total. The molecule has 2 aromatic rings. The van der Waals surface area contributed by atoms with Crippen LogP contribution in [0.25, 0.3) is 0 Å². The smallest absolute Gasteiger partial charge is 0.228 e. The van der Waals surface area contributed by atoms with Crippen LogP contribution in [0.15, 0.2) is 42.6 Å². The van der Waals surface area contributed by atoms with Crippen LogP contribution in [0.3, 0.4) is 0 Å². The number of rotatable bonds is 6. The van der Waals surface area contributed by atoms with E-state index in [2.05, 4.69) is 52.3 Å². The van der Waals surface area contributed by atoms with Gasteiger partial charge in [-0.1, -0.05) is 30.7 Å². The molecule has 0 spiro atoms. The van der Waals surface area contributed by atoms with Crippen molar-refractivity contribution in [3.63, 3.8) is 0 Å². The number of halogens is 1. The first-order valence-electron chi connectivity index (χ1n) is 12.7. The average molecular weight is 492 g/mol. The number of likely N-dealkylation sites (tertiary alicyclic amines) is 1. The van der Waals surface area contributed by atoms with Gasteiger partial charge in [0, 0.05) is 67.7 Å². The number of amides is 1. The minimum absolute atomic E-state index is 0.107. The second kappa shape index (κ2) is 9.79. The standard InChI is InChI=1S/C28H34ClN5O/c1-28(11-12-28)27(35)34-13-9-21(10-14-34)26(33(2)25-8-3-19(15-30)16-32-25)24-18-31-17-23(24)20-4-6-22(29)7-5-20/h3-8,16,21,23-24,26,31H,9-14,17-18H2,1-2H3/t23-,24-,26?/m1/s1. The normalized spacial score (nSPS) is 24.6. The largest absolute Gasteiger partial charge is 0.356 e. The number of anilines is 1. The van der Waals surface area contributed by atoms with Crippen molar-refractivity contribution in [2.75, 3.05) is 38.1 Å². The van der Waals surface area contributed by atoms with Crippen LogP contribution >= 0.6 is 11.6 Å². The van der Waals surface area contributed by atoms with Gasteiger partial charge in [0.15, 0.2) is 0 Å². The van der Waals surface area contributed by atoms with Crippen LogP contribution in [0.5, 0.6) is 0 Å². The van der Waals surface area contributed by atoms with Gasteiger partial charge < -0.3 is 15.1 Å². The molecule has 1 amide bonds. The molecule has 0 bridgehead atoms. The first kappa shape index (κ1) is 24.1. The topological polar surface area (TPSA) is 72.3 Å². The molecule has 184 valence electrons. The third-order valence-electron chi connectivity index (χ3n) is 8.51. The maximum absolute atomic E-state index is 13.0. The van der Waals surface area contributed by atoms with Crippen LogP contribution in [0.2, 0.25) is 5.02 Å². The van der Waals surface area contributed by atoms with Gasteiger partial charge in [-0.15, -0.1) is 0 Å². The van der Waals surface area contributed by atoms with Crippen LogP contribution in [0.4, 0.5) is 5.82 Å². The molecule has 7 heteroatoms. The van der Waals surface area contributed by atoms with Crippen molar-refractivity contribution in [3.05, 3.63) is 58.7 Å². The summed E-state index contributed by atoms with van der Waals surface area (Å²) in [6, 6.07) is 14.5. The number of nitrogens with zero attached hydrogens (tertiary/aromatic N) is 4. The minimum Gasteiger partial charge on any atom is -0.356 e. The second-order valence-corrected chi connectivity index (χ2v) is 11.2. The highest BCUT2D eigenvalue weighted by Gasteiger charge is 2.48. The third kappa shape index (κ3) is 4.90. The molecule has 1 saturated carbocycles. The van der Waals surface area contributed by atoms with E-state index in [9.17, 15) is 10.1 Å². The van der Waals surface area contributed by atoms with E-state index in [0.29, 0.717) is 29.2 Å². The zero-order chi connectivity index (χ0) is 24.6. The molecule has 3 atom stereocenters. The van der Waals surface area contributed by atoms with E-state index in [1.54, 1.807) is 6.20 Å².